The predicted octanol–water partition coefficient (Wildman–Crippen LogP) is 2.08. The minimum atomic E-state index is -0.152. The molecular formula is C22H24N6O3. The van der Waals surface area contributed by atoms with E-state index in [1.165, 1.54) is 17.5 Å². The van der Waals surface area contributed by atoms with Crippen LogP contribution in [0.25, 0.3) is 0 Å². The Balaban J connectivity index is 1.26. The first-order valence-electron chi connectivity index (χ1n) is 10.6. The lowest BCUT2D eigenvalue weighted by molar-refractivity contribution is 0.0685. The van der Waals surface area contributed by atoms with Crippen molar-refractivity contribution in [2.45, 2.75) is 45.3 Å². The highest BCUT2D eigenvalue weighted by atomic mass is 16.3. The van der Waals surface area contributed by atoms with E-state index in [-0.39, 0.29) is 23.6 Å². The van der Waals surface area contributed by atoms with E-state index in [2.05, 4.69) is 27.4 Å². The van der Waals surface area contributed by atoms with Gasteiger partial charge < -0.3 is 14.2 Å². The molecule has 0 unspecified atom stereocenters. The summed E-state index contributed by atoms with van der Waals surface area (Å²) in [6, 6.07) is 8.18. The predicted molar refractivity (Wildman–Crippen MR) is 110 cm³/mol. The van der Waals surface area contributed by atoms with E-state index < -0.39 is 0 Å². The molecule has 3 aromatic rings. The summed E-state index contributed by atoms with van der Waals surface area (Å²) in [6.07, 6.45) is 5.60. The van der Waals surface area contributed by atoms with Crippen molar-refractivity contribution in [1.29, 1.82) is 0 Å². The van der Waals surface area contributed by atoms with E-state index in [4.69, 9.17) is 4.42 Å². The van der Waals surface area contributed by atoms with Gasteiger partial charge in [-0.2, -0.15) is 0 Å². The number of likely N-dealkylation sites (tertiary alicyclic amines) is 1. The highest BCUT2D eigenvalue weighted by Crippen LogP contribution is 2.23. The topological polar surface area (TPSA) is 97.4 Å². The number of aromatic nitrogens is 4. The molecule has 0 spiro atoms. The molecule has 2 aliphatic rings. The summed E-state index contributed by atoms with van der Waals surface area (Å²) in [5.74, 6) is 0.0185. The van der Waals surface area contributed by atoms with Gasteiger partial charge >= 0.3 is 0 Å². The molecule has 2 aromatic heterocycles. The van der Waals surface area contributed by atoms with Crippen LogP contribution in [0.5, 0.6) is 0 Å². The quantitative estimate of drug-likeness (QED) is 0.641. The van der Waals surface area contributed by atoms with Crippen LogP contribution in [0.3, 0.4) is 0 Å². The number of carbonyl (C=O) groups is 2. The second-order valence-electron chi connectivity index (χ2n) is 8.13. The molecule has 1 atom stereocenters. The number of fused-ring (bicyclic) bond motifs is 1. The average Bonchev–Trinajstić information content (AvgIpc) is 3.54. The molecule has 31 heavy (non-hydrogen) atoms. The minimum Gasteiger partial charge on any atom is -0.438 e. The van der Waals surface area contributed by atoms with Gasteiger partial charge in [-0.1, -0.05) is 29.5 Å². The van der Waals surface area contributed by atoms with Crippen LogP contribution >= 0.6 is 0 Å². The van der Waals surface area contributed by atoms with Crippen LogP contribution < -0.4 is 0 Å². The minimum absolute atomic E-state index is 0.0245. The van der Waals surface area contributed by atoms with Gasteiger partial charge in [0.2, 0.25) is 5.76 Å². The summed E-state index contributed by atoms with van der Waals surface area (Å²) in [6.45, 7) is 4.17. The standard InChI is InChI=1S/C22H24N6O3/c1-15-20(31-14-23-15)22(30)28-9-4-7-18(28)12-27-13-19(24-25-27)21(29)26-10-8-16-5-2-3-6-17(16)11-26/h2-3,5-6,13-14,18H,4,7-12H2,1H3/t18-/m0/s1. The highest BCUT2D eigenvalue weighted by molar-refractivity contribution is 5.93. The molecule has 9 heteroatoms. The summed E-state index contributed by atoms with van der Waals surface area (Å²) in [5.41, 5.74) is 3.40. The third-order valence-electron chi connectivity index (χ3n) is 6.15. The maximum Gasteiger partial charge on any atom is 0.291 e. The van der Waals surface area contributed by atoms with Crippen molar-refractivity contribution < 1.29 is 14.0 Å². The molecular weight excluding hydrogens is 396 g/mol. The second-order valence-corrected chi connectivity index (χ2v) is 8.13. The molecule has 1 aromatic carbocycles. The van der Waals surface area contributed by atoms with Gasteiger partial charge in [0.15, 0.2) is 12.1 Å². The molecule has 0 bridgehead atoms. The van der Waals surface area contributed by atoms with Gasteiger partial charge in [0.1, 0.15) is 0 Å². The van der Waals surface area contributed by atoms with Gasteiger partial charge in [0, 0.05) is 19.6 Å². The SMILES string of the molecule is Cc1ncoc1C(=O)N1CCC[C@H]1Cn1cc(C(=O)N2CCc3ccccc3C2)nn1. The van der Waals surface area contributed by atoms with E-state index >= 15 is 0 Å². The summed E-state index contributed by atoms with van der Waals surface area (Å²) < 4.78 is 6.94. The Labute approximate surface area is 179 Å². The third kappa shape index (κ3) is 3.71. The molecule has 1 saturated heterocycles. The van der Waals surface area contributed by atoms with E-state index in [1.807, 2.05) is 17.0 Å². The molecule has 160 valence electrons. The molecule has 1 fully saturated rings. The zero-order valence-corrected chi connectivity index (χ0v) is 17.4. The number of benzene rings is 1. The molecule has 2 aliphatic heterocycles. The Bertz CT molecular complexity index is 1120. The monoisotopic (exact) mass is 420 g/mol. The fourth-order valence-corrected chi connectivity index (χ4v) is 4.46. The smallest absolute Gasteiger partial charge is 0.291 e. The largest absolute Gasteiger partial charge is 0.438 e. The summed E-state index contributed by atoms with van der Waals surface area (Å²) >= 11 is 0. The number of oxazole rings is 1. The number of hydrogen-bond donors (Lipinski definition) is 0. The molecule has 9 nitrogen and oxygen atoms in total. The molecule has 0 N–H and O–H groups in total. The highest BCUT2D eigenvalue weighted by Gasteiger charge is 2.33. The third-order valence-corrected chi connectivity index (χ3v) is 6.15. The lowest BCUT2D eigenvalue weighted by Gasteiger charge is -2.28. The summed E-state index contributed by atoms with van der Waals surface area (Å²) in [4.78, 5) is 33.4. The van der Waals surface area contributed by atoms with Crippen molar-refractivity contribution in [2.24, 2.45) is 0 Å². The van der Waals surface area contributed by atoms with Gasteiger partial charge in [0.25, 0.3) is 11.8 Å². The first kappa shape index (κ1) is 19.5. The number of aryl methyl sites for hydroxylation is 1. The van der Waals surface area contributed by atoms with Crippen molar-refractivity contribution in [3.05, 3.63) is 65.1 Å². The number of hydrogen-bond acceptors (Lipinski definition) is 6. The number of carbonyl (C=O) groups excluding carboxylic acids is 2. The Morgan fingerprint density at radius 2 is 2.00 bits per heavy atom. The first-order chi connectivity index (χ1) is 15.1. The molecule has 0 saturated carbocycles. The molecule has 0 radical (unpaired) electrons. The van der Waals surface area contributed by atoms with E-state index in [0.29, 0.717) is 37.6 Å². The van der Waals surface area contributed by atoms with Crippen molar-refractivity contribution in [2.75, 3.05) is 13.1 Å². The van der Waals surface area contributed by atoms with E-state index in [9.17, 15) is 9.59 Å². The number of rotatable bonds is 4. The van der Waals surface area contributed by atoms with Crippen LogP contribution in [0.1, 0.15) is 50.7 Å². The normalized spacial score (nSPS) is 18.3. The molecule has 0 aliphatic carbocycles. The zero-order chi connectivity index (χ0) is 21.4. The van der Waals surface area contributed by atoms with E-state index in [0.717, 1.165) is 19.3 Å². The maximum absolute atomic E-state index is 13.0. The fraction of sp³-hybridized carbons (Fsp3) is 0.409. The lowest BCUT2D eigenvalue weighted by atomic mass is 10.00. The van der Waals surface area contributed by atoms with Crippen molar-refractivity contribution in [1.82, 2.24) is 29.8 Å². The summed E-state index contributed by atoms with van der Waals surface area (Å²) in [7, 11) is 0. The Kier molecular flexibility index (Phi) is 5.01. The van der Waals surface area contributed by atoms with E-state index in [1.54, 1.807) is 22.7 Å². The van der Waals surface area contributed by atoms with Gasteiger partial charge in [-0.3, -0.25) is 9.59 Å². The van der Waals surface area contributed by atoms with Crippen LogP contribution in [-0.4, -0.2) is 60.7 Å². The summed E-state index contributed by atoms with van der Waals surface area (Å²) in [5, 5.41) is 8.27. The van der Waals surface area contributed by atoms with Gasteiger partial charge in [-0.15, -0.1) is 5.10 Å². The maximum atomic E-state index is 13.0. The fourth-order valence-electron chi connectivity index (χ4n) is 4.46. The molecule has 5 rings (SSSR count). The van der Waals surface area contributed by atoms with Gasteiger partial charge in [-0.05, 0) is 37.3 Å². The van der Waals surface area contributed by atoms with Crippen LogP contribution in [0.15, 0.2) is 41.3 Å². The zero-order valence-electron chi connectivity index (χ0n) is 17.4. The average molecular weight is 420 g/mol. The Morgan fingerprint density at radius 3 is 2.81 bits per heavy atom. The first-order valence-corrected chi connectivity index (χ1v) is 10.6. The van der Waals surface area contributed by atoms with Crippen LogP contribution in [0.4, 0.5) is 0 Å². The Morgan fingerprint density at radius 1 is 1.16 bits per heavy atom. The second kappa shape index (κ2) is 7.98. The van der Waals surface area contributed by atoms with Crippen LogP contribution in [-0.2, 0) is 19.5 Å². The Hall–Kier alpha value is -3.49. The van der Waals surface area contributed by atoms with Crippen molar-refractivity contribution in [3.63, 3.8) is 0 Å². The van der Waals surface area contributed by atoms with Gasteiger partial charge in [-0.25, -0.2) is 9.67 Å². The molecule has 2 amide bonds. The van der Waals surface area contributed by atoms with Gasteiger partial charge in [0.05, 0.1) is 24.5 Å². The van der Waals surface area contributed by atoms with Crippen molar-refractivity contribution in [3.8, 4) is 0 Å². The number of nitrogens with zero attached hydrogens (tertiary/aromatic N) is 6. The molecule has 4 heterocycles. The van der Waals surface area contributed by atoms with Crippen molar-refractivity contribution >= 4 is 11.8 Å². The van der Waals surface area contributed by atoms with Crippen LogP contribution in [0.2, 0.25) is 0 Å². The number of amides is 2. The van der Waals surface area contributed by atoms with Crippen LogP contribution in [0, 0.1) is 6.92 Å². The lowest BCUT2D eigenvalue weighted by Crippen LogP contribution is -2.38.